The van der Waals surface area contributed by atoms with Gasteiger partial charge in [-0.05, 0) is 43.5 Å². The maximum atomic E-state index is 5.99. The van der Waals surface area contributed by atoms with Gasteiger partial charge in [-0.3, -0.25) is 0 Å². The second-order valence-electron chi connectivity index (χ2n) is 5.23. The standard InChI is InChI=1S/C15H18ClN3S/c16-12-4-1-3-11(9-12)10-15-19-18-14(20-15)5-2-8-17-13-6-7-13/h1,3-4,9,13,17H,2,5-8,10H2. The number of aromatic nitrogens is 2. The number of halogens is 1. The molecule has 1 fully saturated rings. The van der Waals surface area contributed by atoms with Crippen molar-refractivity contribution >= 4 is 22.9 Å². The second-order valence-corrected chi connectivity index (χ2v) is 6.81. The predicted molar refractivity (Wildman–Crippen MR) is 83.5 cm³/mol. The van der Waals surface area contributed by atoms with Gasteiger partial charge >= 0.3 is 0 Å². The van der Waals surface area contributed by atoms with Crippen molar-refractivity contribution in [2.45, 2.75) is 38.1 Å². The molecule has 1 saturated carbocycles. The van der Waals surface area contributed by atoms with Gasteiger partial charge in [-0.2, -0.15) is 0 Å². The maximum absolute atomic E-state index is 5.99. The van der Waals surface area contributed by atoms with E-state index in [2.05, 4.69) is 21.6 Å². The SMILES string of the molecule is Clc1cccc(Cc2nnc(CCCNC3CC3)s2)c1. The van der Waals surface area contributed by atoms with Crippen molar-refractivity contribution in [1.82, 2.24) is 15.5 Å². The van der Waals surface area contributed by atoms with Gasteiger partial charge in [0.1, 0.15) is 10.0 Å². The van der Waals surface area contributed by atoms with Crippen molar-refractivity contribution in [3.8, 4) is 0 Å². The molecule has 20 heavy (non-hydrogen) atoms. The summed E-state index contributed by atoms with van der Waals surface area (Å²) in [5, 5.41) is 15.1. The van der Waals surface area contributed by atoms with Gasteiger partial charge in [0.2, 0.25) is 0 Å². The Hall–Kier alpha value is -0.970. The van der Waals surface area contributed by atoms with Crippen LogP contribution in [0, 0.1) is 0 Å². The van der Waals surface area contributed by atoms with Gasteiger partial charge in [0.05, 0.1) is 0 Å². The average Bonchev–Trinajstić information content (AvgIpc) is 3.15. The van der Waals surface area contributed by atoms with E-state index < -0.39 is 0 Å². The summed E-state index contributed by atoms with van der Waals surface area (Å²) in [4.78, 5) is 0. The zero-order chi connectivity index (χ0) is 13.8. The Labute approximate surface area is 128 Å². The molecule has 1 aromatic carbocycles. The van der Waals surface area contributed by atoms with Crippen molar-refractivity contribution in [1.29, 1.82) is 0 Å². The van der Waals surface area contributed by atoms with E-state index in [0.29, 0.717) is 0 Å². The van der Waals surface area contributed by atoms with Crippen molar-refractivity contribution in [3.05, 3.63) is 44.9 Å². The van der Waals surface area contributed by atoms with Crippen LogP contribution in [0.5, 0.6) is 0 Å². The van der Waals surface area contributed by atoms with Crippen LogP contribution in [0.15, 0.2) is 24.3 Å². The van der Waals surface area contributed by atoms with Crippen molar-refractivity contribution in [2.24, 2.45) is 0 Å². The van der Waals surface area contributed by atoms with Crippen LogP contribution in [0.25, 0.3) is 0 Å². The first-order valence-electron chi connectivity index (χ1n) is 7.09. The van der Waals surface area contributed by atoms with Crippen LogP contribution in [0.1, 0.15) is 34.8 Å². The first kappa shape index (κ1) is 14.0. The minimum absolute atomic E-state index is 0.776. The van der Waals surface area contributed by atoms with Crippen LogP contribution >= 0.6 is 22.9 Å². The fourth-order valence-electron chi connectivity index (χ4n) is 2.12. The highest BCUT2D eigenvalue weighted by Gasteiger charge is 2.19. The van der Waals surface area contributed by atoms with E-state index in [1.54, 1.807) is 11.3 Å². The van der Waals surface area contributed by atoms with E-state index in [1.807, 2.05) is 18.2 Å². The van der Waals surface area contributed by atoms with Gasteiger partial charge in [-0.1, -0.05) is 23.7 Å². The van der Waals surface area contributed by atoms with Crippen molar-refractivity contribution < 1.29 is 0 Å². The van der Waals surface area contributed by atoms with Crippen LogP contribution in [-0.2, 0) is 12.8 Å². The Morgan fingerprint density at radius 3 is 2.90 bits per heavy atom. The quantitative estimate of drug-likeness (QED) is 0.796. The molecule has 3 nitrogen and oxygen atoms in total. The number of hydrogen-bond donors (Lipinski definition) is 1. The summed E-state index contributed by atoms with van der Waals surface area (Å²) in [6.07, 6.45) is 5.68. The molecule has 1 aliphatic rings. The molecule has 0 amide bonds. The normalized spacial score (nSPS) is 14.7. The summed E-state index contributed by atoms with van der Waals surface area (Å²) >= 11 is 7.71. The van der Waals surface area contributed by atoms with E-state index in [1.165, 1.54) is 18.4 Å². The lowest BCUT2D eigenvalue weighted by molar-refractivity contribution is 0.643. The fourth-order valence-corrected chi connectivity index (χ4v) is 3.25. The molecule has 0 spiro atoms. The number of hydrogen-bond acceptors (Lipinski definition) is 4. The molecular formula is C15H18ClN3S. The highest BCUT2D eigenvalue weighted by molar-refractivity contribution is 7.11. The number of nitrogens with one attached hydrogen (secondary N) is 1. The summed E-state index contributed by atoms with van der Waals surface area (Å²) in [7, 11) is 0. The Kier molecular flexibility index (Phi) is 4.65. The van der Waals surface area contributed by atoms with Crippen LogP contribution < -0.4 is 5.32 Å². The third kappa shape index (κ3) is 4.27. The van der Waals surface area contributed by atoms with Gasteiger partial charge in [-0.15, -0.1) is 21.5 Å². The lowest BCUT2D eigenvalue weighted by Gasteiger charge is -1.99. The molecule has 0 saturated heterocycles. The molecule has 0 aliphatic heterocycles. The summed E-state index contributed by atoms with van der Waals surface area (Å²) in [6, 6.07) is 8.73. The van der Waals surface area contributed by atoms with Crippen LogP contribution in [0.4, 0.5) is 0 Å². The van der Waals surface area contributed by atoms with Gasteiger partial charge in [0.25, 0.3) is 0 Å². The Balaban J connectivity index is 1.48. The summed E-state index contributed by atoms with van der Waals surface area (Å²) in [5.41, 5.74) is 1.19. The smallest absolute Gasteiger partial charge is 0.121 e. The minimum Gasteiger partial charge on any atom is -0.314 e. The monoisotopic (exact) mass is 307 g/mol. The largest absolute Gasteiger partial charge is 0.314 e. The topological polar surface area (TPSA) is 37.8 Å². The second kappa shape index (κ2) is 6.66. The molecule has 0 atom stereocenters. The van der Waals surface area contributed by atoms with Gasteiger partial charge in [0.15, 0.2) is 0 Å². The van der Waals surface area contributed by atoms with Crippen LogP contribution in [0.2, 0.25) is 5.02 Å². The Bertz CT molecular complexity index is 566. The highest BCUT2D eigenvalue weighted by Crippen LogP contribution is 2.20. The number of aryl methyl sites for hydroxylation is 1. The maximum Gasteiger partial charge on any atom is 0.121 e. The Morgan fingerprint density at radius 2 is 2.10 bits per heavy atom. The molecule has 5 heteroatoms. The molecule has 0 unspecified atom stereocenters. The van der Waals surface area contributed by atoms with E-state index in [0.717, 1.165) is 46.9 Å². The van der Waals surface area contributed by atoms with Crippen molar-refractivity contribution in [2.75, 3.05) is 6.54 Å². The first-order valence-corrected chi connectivity index (χ1v) is 8.28. The number of benzene rings is 1. The zero-order valence-electron chi connectivity index (χ0n) is 11.3. The van der Waals surface area contributed by atoms with E-state index in [-0.39, 0.29) is 0 Å². The first-order chi connectivity index (χ1) is 9.79. The molecule has 3 rings (SSSR count). The van der Waals surface area contributed by atoms with Crippen LogP contribution in [0.3, 0.4) is 0 Å². The molecule has 2 aromatic rings. The number of nitrogens with zero attached hydrogens (tertiary/aromatic N) is 2. The number of rotatable bonds is 7. The molecule has 1 aliphatic carbocycles. The fraction of sp³-hybridized carbons (Fsp3) is 0.467. The summed E-state index contributed by atoms with van der Waals surface area (Å²) in [5.74, 6) is 0. The van der Waals surface area contributed by atoms with Gasteiger partial charge < -0.3 is 5.32 Å². The molecular weight excluding hydrogens is 290 g/mol. The highest BCUT2D eigenvalue weighted by atomic mass is 35.5. The average molecular weight is 308 g/mol. The molecule has 0 bridgehead atoms. The van der Waals surface area contributed by atoms with Gasteiger partial charge in [-0.25, -0.2) is 0 Å². The summed E-state index contributed by atoms with van der Waals surface area (Å²) < 4.78 is 0. The Morgan fingerprint density at radius 1 is 1.25 bits per heavy atom. The van der Waals surface area contributed by atoms with Crippen LogP contribution in [-0.4, -0.2) is 22.8 Å². The van der Waals surface area contributed by atoms with E-state index in [4.69, 9.17) is 11.6 Å². The molecule has 1 N–H and O–H groups in total. The molecule has 0 radical (unpaired) electrons. The minimum atomic E-state index is 0.776. The molecule has 106 valence electrons. The predicted octanol–water partition coefficient (Wildman–Crippen LogP) is 3.47. The lowest BCUT2D eigenvalue weighted by Crippen LogP contribution is -2.17. The molecule has 1 aromatic heterocycles. The third-order valence-electron chi connectivity index (χ3n) is 3.33. The summed E-state index contributed by atoms with van der Waals surface area (Å²) in [6.45, 7) is 1.09. The molecule has 1 heterocycles. The third-order valence-corrected chi connectivity index (χ3v) is 4.55. The van der Waals surface area contributed by atoms with E-state index >= 15 is 0 Å². The van der Waals surface area contributed by atoms with Crippen molar-refractivity contribution in [3.63, 3.8) is 0 Å². The lowest BCUT2D eigenvalue weighted by atomic mass is 10.2. The van der Waals surface area contributed by atoms with E-state index in [9.17, 15) is 0 Å². The van der Waals surface area contributed by atoms with Gasteiger partial charge in [0, 0.05) is 23.9 Å². The zero-order valence-corrected chi connectivity index (χ0v) is 12.9.